The zero-order valence-corrected chi connectivity index (χ0v) is 15.7. The number of nitrogens with one attached hydrogen (secondary N) is 1. The van der Waals surface area contributed by atoms with Gasteiger partial charge in [0, 0.05) is 18.2 Å². The van der Waals surface area contributed by atoms with Gasteiger partial charge >= 0.3 is 0 Å². The largest absolute Gasteiger partial charge is 0.492 e. The van der Waals surface area contributed by atoms with E-state index < -0.39 is 0 Å². The summed E-state index contributed by atoms with van der Waals surface area (Å²) in [5.41, 5.74) is 3.24. The van der Waals surface area contributed by atoms with Crippen LogP contribution in [0.5, 0.6) is 5.75 Å². The number of para-hydroxylation sites is 2. The van der Waals surface area contributed by atoms with E-state index in [-0.39, 0.29) is 11.8 Å². The van der Waals surface area contributed by atoms with E-state index in [1.54, 1.807) is 0 Å². The maximum atomic E-state index is 12.4. The topological polar surface area (TPSA) is 41.6 Å². The lowest BCUT2D eigenvalue weighted by atomic mass is 9.96. The number of nitrogens with zero attached hydrogens (tertiary/aromatic N) is 1. The molecule has 0 spiro atoms. The number of likely N-dealkylation sites (tertiary alicyclic amines) is 1. The van der Waals surface area contributed by atoms with Crippen molar-refractivity contribution in [3.05, 3.63) is 59.7 Å². The van der Waals surface area contributed by atoms with Gasteiger partial charge < -0.3 is 10.1 Å². The van der Waals surface area contributed by atoms with Gasteiger partial charge in [-0.3, -0.25) is 9.69 Å². The van der Waals surface area contributed by atoms with Crippen molar-refractivity contribution < 1.29 is 9.53 Å². The molecule has 2 aromatic carbocycles. The van der Waals surface area contributed by atoms with E-state index in [1.165, 1.54) is 11.1 Å². The molecule has 1 heterocycles. The number of carbonyl (C=O) groups is 1. The van der Waals surface area contributed by atoms with Crippen LogP contribution in [0.25, 0.3) is 0 Å². The number of hydrogen-bond donors (Lipinski definition) is 1. The molecule has 26 heavy (non-hydrogen) atoms. The Morgan fingerprint density at radius 2 is 1.69 bits per heavy atom. The van der Waals surface area contributed by atoms with Gasteiger partial charge in [-0.2, -0.15) is 0 Å². The van der Waals surface area contributed by atoms with Crippen molar-refractivity contribution in [3.8, 4) is 5.75 Å². The number of hydrogen-bond acceptors (Lipinski definition) is 3. The summed E-state index contributed by atoms with van der Waals surface area (Å²) in [7, 11) is 0. The Morgan fingerprint density at radius 3 is 2.35 bits per heavy atom. The maximum Gasteiger partial charge on any atom is 0.227 e. The van der Waals surface area contributed by atoms with Crippen LogP contribution in [0.2, 0.25) is 0 Å². The van der Waals surface area contributed by atoms with E-state index in [0.717, 1.165) is 43.9 Å². The standard InChI is InChI=1S/C22H28N2O2/c1-17-7-6-8-18(2)21(17)26-16-15-24-13-11-19(12-14-24)22(25)23-20-9-4-3-5-10-20/h3-10,19H,11-16H2,1-2H3,(H,23,25). The molecule has 0 radical (unpaired) electrons. The van der Waals surface area contributed by atoms with E-state index in [1.807, 2.05) is 30.3 Å². The molecule has 0 atom stereocenters. The third kappa shape index (κ3) is 4.85. The Kier molecular flexibility index (Phi) is 6.29. The van der Waals surface area contributed by atoms with Crippen LogP contribution in [0.3, 0.4) is 0 Å². The van der Waals surface area contributed by atoms with Crippen molar-refractivity contribution in [2.24, 2.45) is 5.92 Å². The molecule has 1 fully saturated rings. The predicted octanol–water partition coefficient (Wildman–Crippen LogP) is 4.03. The Balaban J connectivity index is 1.40. The summed E-state index contributed by atoms with van der Waals surface area (Å²) < 4.78 is 6.00. The average Bonchev–Trinajstić information content (AvgIpc) is 2.65. The van der Waals surface area contributed by atoms with Crippen LogP contribution in [0, 0.1) is 19.8 Å². The molecular weight excluding hydrogens is 324 g/mol. The molecular formula is C22H28N2O2. The number of rotatable bonds is 6. The minimum absolute atomic E-state index is 0.103. The number of benzene rings is 2. The number of piperidine rings is 1. The first-order chi connectivity index (χ1) is 12.6. The zero-order valence-electron chi connectivity index (χ0n) is 15.7. The number of amides is 1. The van der Waals surface area contributed by atoms with Gasteiger partial charge in [0.1, 0.15) is 12.4 Å². The highest BCUT2D eigenvalue weighted by atomic mass is 16.5. The first-order valence-electron chi connectivity index (χ1n) is 9.41. The van der Waals surface area contributed by atoms with Crippen LogP contribution in [-0.2, 0) is 4.79 Å². The van der Waals surface area contributed by atoms with Gasteiger partial charge in [-0.25, -0.2) is 0 Å². The highest BCUT2D eigenvalue weighted by Crippen LogP contribution is 2.23. The lowest BCUT2D eigenvalue weighted by Crippen LogP contribution is -2.40. The summed E-state index contributed by atoms with van der Waals surface area (Å²) in [6, 6.07) is 15.9. The molecule has 1 amide bonds. The zero-order chi connectivity index (χ0) is 18.4. The van der Waals surface area contributed by atoms with Crippen LogP contribution < -0.4 is 10.1 Å². The molecule has 0 saturated carbocycles. The molecule has 4 heteroatoms. The Hall–Kier alpha value is -2.33. The summed E-state index contributed by atoms with van der Waals surface area (Å²) in [6.45, 7) is 7.65. The lowest BCUT2D eigenvalue weighted by Gasteiger charge is -2.31. The molecule has 1 aliphatic rings. The summed E-state index contributed by atoms with van der Waals surface area (Å²) in [5.74, 6) is 1.25. The smallest absolute Gasteiger partial charge is 0.227 e. The summed E-state index contributed by atoms with van der Waals surface area (Å²) in [5, 5.41) is 3.02. The highest BCUT2D eigenvalue weighted by Gasteiger charge is 2.24. The fourth-order valence-electron chi connectivity index (χ4n) is 3.49. The van der Waals surface area contributed by atoms with Crippen molar-refractivity contribution >= 4 is 11.6 Å². The van der Waals surface area contributed by atoms with Crippen molar-refractivity contribution in [2.45, 2.75) is 26.7 Å². The molecule has 1 N–H and O–H groups in total. The third-order valence-electron chi connectivity index (χ3n) is 5.06. The number of aryl methyl sites for hydroxylation is 2. The minimum Gasteiger partial charge on any atom is -0.492 e. The summed E-state index contributed by atoms with van der Waals surface area (Å²) in [6.07, 6.45) is 1.81. The normalized spacial score (nSPS) is 15.6. The van der Waals surface area contributed by atoms with Crippen LogP contribution in [0.15, 0.2) is 48.5 Å². The Labute approximate surface area is 156 Å². The third-order valence-corrected chi connectivity index (χ3v) is 5.06. The summed E-state index contributed by atoms with van der Waals surface area (Å²) in [4.78, 5) is 14.8. The Bertz CT molecular complexity index is 702. The van der Waals surface area contributed by atoms with Crippen molar-refractivity contribution in [2.75, 3.05) is 31.6 Å². The number of ether oxygens (including phenoxy) is 1. The molecule has 0 aliphatic carbocycles. The van der Waals surface area contributed by atoms with E-state index in [2.05, 4.69) is 42.3 Å². The quantitative estimate of drug-likeness (QED) is 0.853. The van der Waals surface area contributed by atoms with Crippen LogP contribution in [-0.4, -0.2) is 37.0 Å². The van der Waals surface area contributed by atoms with Gasteiger partial charge in [0.2, 0.25) is 5.91 Å². The first kappa shape index (κ1) is 18.5. The fourth-order valence-corrected chi connectivity index (χ4v) is 3.49. The molecule has 138 valence electrons. The highest BCUT2D eigenvalue weighted by molar-refractivity contribution is 5.92. The number of carbonyl (C=O) groups excluding carboxylic acids is 1. The number of anilines is 1. The van der Waals surface area contributed by atoms with E-state index >= 15 is 0 Å². The van der Waals surface area contributed by atoms with Gasteiger partial charge in [0.25, 0.3) is 0 Å². The van der Waals surface area contributed by atoms with Crippen LogP contribution >= 0.6 is 0 Å². The molecule has 3 rings (SSSR count). The van der Waals surface area contributed by atoms with Gasteiger partial charge in [-0.1, -0.05) is 36.4 Å². The molecule has 0 bridgehead atoms. The summed E-state index contributed by atoms with van der Waals surface area (Å²) >= 11 is 0. The van der Waals surface area contributed by atoms with E-state index in [9.17, 15) is 4.79 Å². The first-order valence-corrected chi connectivity index (χ1v) is 9.41. The van der Waals surface area contributed by atoms with E-state index in [4.69, 9.17) is 4.74 Å². The Morgan fingerprint density at radius 1 is 1.04 bits per heavy atom. The SMILES string of the molecule is Cc1cccc(C)c1OCCN1CCC(C(=O)Nc2ccccc2)CC1. The predicted molar refractivity (Wildman–Crippen MR) is 106 cm³/mol. The maximum absolute atomic E-state index is 12.4. The van der Waals surface area contributed by atoms with Crippen molar-refractivity contribution in [3.63, 3.8) is 0 Å². The molecule has 0 unspecified atom stereocenters. The van der Waals surface area contributed by atoms with Crippen molar-refractivity contribution in [1.82, 2.24) is 4.90 Å². The van der Waals surface area contributed by atoms with Crippen LogP contribution in [0.1, 0.15) is 24.0 Å². The van der Waals surface area contributed by atoms with Crippen molar-refractivity contribution in [1.29, 1.82) is 0 Å². The molecule has 4 nitrogen and oxygen atoms in total. The monoisotopic (exact) mass is 352 g/mol. The van der Waals surface area contributed by atoms with Gasteiger partial charge in [-0.15, -0.1) is 0 Å². The lowest BCUT2D eigenvalue weighted by molar-refractivity contribution is -0.121. The molecule has 1 saturated heterocycles. The average molecular weight is 352 g/mol. The minimum atomic E-state index is 0.103. The fraction of sp³-hybridized carbons (Fsp3) is 0.409. The van der Waals surface area contributed by atoms with Gasteiger partial charge in [0.05, 0.1) is 0 Å². The molecule has 1 aliphatic heterocycles. The van der Waals surface area contributed by atoms with Crippen LogP contribution in [0.4, 0.5) is 5.69 Å². The van der Waals surface area contributed by atoms with Gasteiger partial charge in [-0.05, 0) is 63.0 Å². The van der Waals surface area contributed by atoms with E-state index in [0.29, 0.717) is 6.61 Å². The second-order valence-corrected chi connectivity index (χ2v) is 7.04. The molecule has 2 aromatic rings. The molecule has 0 aromatic heterocycles. The van der Waals surface area contributed by atoms with Gasteiger partial charge in [0.15, 0.2) is 0 Å². The second kappa shape index (κ2) is 8.86. The second-order valence-electron chi connectivity index (χ2n) is 7.04.